The molecule has 5 rings (SSSR count). The number of para-hydroxylation sites is 2. The molecule has 5 nitrogen and oxygen atoms in total. The number of carbonyl (C=O) groups excluding carboxylic acids is 1. The van der Waals surface area contributed by atoms with Crippen LogP contribution >= 0.6 is 0 Å². The molecule has 1 aromatic heterocycles. The number of benzene rings is 3. The van der Waals surface area contributed by atoms with Crippen molar-refractivity contribution in [1.82, 2.24) is 4.90 Å². The number of ether oxygens (including phenoxy) is 1. The summed E-state index contributed by atoms with van der Waals surface area (Å²) in [6.07, 6.45) is 2.06. The Morgan fingerprint density at radius 3 is 2.50 bits per heavy atom. The molecule has 0 aliphatic carbocycles. The van der Waals surface area contributed by atoms with E-state index in [0.717, 1.165) is 29.2 Å². The van der Waals surface area contributed by atoms with Crippen molar-refractivity contribution in [3.05, 3.63) is 120 Å². The summed E-state index contributed by atoms with van der Waals surface area (Å²) in [6.45, 7) is 0.909. The van der Waals surface area contributed by atoms with Crippen LogP contribution in [-0.4, -0.2) is 17.4 Å². The van der Waals surface area contributed by atoms with Crippen LogP contribution in [0.4, 0.5) is 5.69 Å². The quantitative estimate of drug-likeness (QED) is 0.415. The number of hydrogen-bond donors (Lipinski definition) is 1. The van der Waals surface area contributed by atoms with Crippen molar-refractivity contribution < 1.29 is 13.9 Å². The molecule has 1 unspecified atom stereocenters. The molecule has 0 bridgehead atoms. The smallest absolute Gasteiger partial charge is 0.258 e. The normalized spacial score (nSPS) is 15.2. The predicted octanol–water partition coefficient (Wildman–Crippen LogP) is 5.67. The van der Waals surface area contributed by atoms with E-state index in [0.29, 0.717) is 18.7 Å². The highest BCUT2D eigenvalue weighted by atomic mass is 16.5. The summed E-state index contributed by atoms with van der Waals surface area (Å²) < 4.78 is 11.7. The monoisotopic (exact) mass is 424 g/mol. The highest BCUT2D eigenvalue weighted by molar-refractivity contribution is 6.01. The predicted molar refractivity (Wildman–Crippen MR) is 123 cm³/mol. The Bertz CT molecular complexity index is 1190. The summed E-state index contributed by atoms with van der Waals surface area (Å²) in [5.41, 5.74) is 3.61. The third kappa shape index (κ3) is 4.10. The molecule has 5 heteroatoms. The molecule has 0 spiro atoms. The van der Waals surface area contributed by atoms with Crippen molar-refractivity contribution in [2.75, 3.05) is 11.9 Å². The zero-order valence-electron chi connectivity index (χ0n) is 17.6. The van der Waals surface area contributed by atoms with Gasteiger partial charge in [0.25, 0.3) is 5.91 Å². The van der Waals surface area contributed by atoms with Crippen LogP contribution in [0.2, 0.25) is 0 Å². The van der Waals surface area contributed by atoms with Gasteiger partial charge in [0.15, 0.2) is 0 Å². The number of furan rings is 1. The Labute approximate surface area is 187 Å². The molecule has 3 aromatic carbocycles. The van der Waals surface area contributed by atoms with Crippen LogP contribution in [0.25, 0.3) is 0 Å². The van der Waals surface area contributed by atoms with Gasteiger partial charge in [0.2, 0.25) is 0 Å². The maximum atomic E-state index is 13.4. The van der Waals surface area contributed by atoms with E-state index in [1.165, 1.54) is 5.56 Å². The fourth-order valence-electron chi connectivity index (χ4n) is 4.03. The second kappa shape index (κ2) is 9.02. The van der Waals surface area contributed by atoms with Gasteiger partial charge in [0, 0.05) is 17.7 Å². The molecule has 32 heavy (non-hydrogen) atoms. The fourth-order valence-corrected chi connectivity index (χ4v) is 4.03. The molecule has 0 radical (unpaired) electrons. The minimum Gasteiger partial charge on any atom is -0.493 e. The van der Waals surface area contributed by atoms with Crippen LogP contribution < -0.4 is 10.1 Å². The van der Waals surface area contributed by atoms with Gasteiger partial charge in [-0.3, -0.25) is 4.79 Å². The number of carbonyl (C=O) groups is 1. The van der Waals surface area contributed by atoms with Crippen molar-refractivity contribution in [3.8, 4) is 5.75 Å². The van der Waals surface area contributed by atoms with Crippen molar-refractivity contribution in [1.29, 1.82) is 0 Å². The Morgan fingerprint density at radius 1 is 0.875 bits per heavy atom. The second-order valence-corrected chi connectivity index (χ2v) is 7.73. The van der Waals surface area contributed by atoms with Gasteiger partial charge in [-0.2, -0.15) is 0 Å². The summed E-state index contributed by atoms with van der Waals surface area (Å²) in [5.74, 6) is 1.45. The van der Waals surface area contributed by atoms with Crippen LogP contribution in [0.5, 0.6) is 5.75 Å². The molecule has 2 heterocycles. The van der Waals surface area contributed by atoms with E-state index in [1.54, 1.807) is 11.2 Å². The maximum Gasteiger partial charge on any atom is 0.258 e. The molecule has 160 valence electrons. The minimum absolute atomic E-state index is 0.0418. The van der Waals surface area contributed by atoms with E-state index in [-0.39, 0.29) is 12.1 Å². The second-order valence-electron chi connectivity index (χ2n) is 7.73. The molecule has 1 atom stereocenters. The first-order valence-electron chi connectivity index (χ1n) is 10.7. The average molecular weight is 425 g/mol. The van der Waals surface area contributed by atoms with Crippen LogP contribution in [0.1, 0.15) is 33.4 Å². The Balaban J connectivity index is 1.44. The number of nitrogens with zero attached hydrogens (tertiary/aromatic N) is 1. The van der Waals surface area contributed by atoms with Crippen molar-refractivity contribution in [2.24, 2.45) is 0 Å². The van der Waals surface area contributed by atoms with E-state index in [1.807, 2.05) is 78.9 Å². The molecule has 1 amide bonds. The van der Waals surface area contributed by atoms with E-state index >= 15 is 0 Å². The summed E-state index contributed by atoms with van der Waals surface area (Å²) >= 11 is 0. The van der Waals surface area contributed by atoms with Crippen LogP contribution in [0.3, 0.4) is 0 Å². The van der Waals surface area contributed by atoms with Crippen molar-refractivity contribution in [3.63, 3.8) is 0 Å². The van der Waals surface area contributed by atoms with Gasteiger partial charge in [-0.1, -0.05) is 60.7 Å². The van der Waals surface area contributed by atoms with Crippen LogP contribution in [0.15, 0.2) is 102 Å². The van der Waals surface area contributed by atoms with Crippen molar-refractivity contribution in [2.45, 2.75) is 19.1 Å². The Kier molecular flexibility index (Phi) is 5.62. The highest BCUT2D eigenvalue weighted by Crippen LogP contribution is 2.37. The molecule has 0 saturated carbocycles. The van der Waals surface area contributed by atoms with E-state index in [9.17, 15) is 4.79 Å². The summed E-state index contributed by atoms with van der Waals surface area (Å²) in [4.78, 5) is 15.2. The number of nitrogens with one attached hydrogen (secondary N) is 1. The van der Waals surface area contributed by atoms with Gasteiger partial charge in [0.05, 0.1) is 25.0 Å². The molecule has 1 N–H and O–H groups in total. The molecule has 0 saturated heterocycles. The highest BCUT2D eigenvalue weighted by Gasteiger charge is 2.34. The van der Waals surface area contributed by atoms with Gasteiger partial charge in [0.1, 0.15) is 17.7 Å². The largest absolute Gasteiger partial charge is 0.493 e. The van der Waals surface area contributed by atoms with Gasteiger partial charge in [-0.15, -0.1) is 0 Å². The standard InChI is InChI=1S/C27H24N2O3/c30-27-22-12-4-6-14-24(22)28-26(29(27)19-21-11-8-17-31-21)23-13-5-7-15-25(23)32-18-16-20-9-2-1-3-10-20/h1-15,17,26,28H,16,18-19H2. The zero-order chi connectivity index (χ0) is 21.8. The molecule has 1 aliphatic rings. The molecule has 1 aliphatic heterocycles. The maximum absolute atomic E-state index is 13.4. The first kappa shape index (κ1) is 19.9. The van der Waals surface area contributed by atoms with Gasteiger partial charge >= 0.3 is 0 Å². The molecular formula is C27H24N2O3. The Morgan fingerprint density at radius 2 is 1.66 bits per heavy atom. The number of amides is 1. The van der Waals surface area contributed by atoms with Crippen LogP contribution in [-0.2, 0) is 13.0 Å². The van der Waals surface area contributed by atoms with E-state index in [4.69, 9.17) is 9.15 Å². The minimum atomic E-state index is -0.379. The fraction of sp³-hybridized carbons (Fsp3) is 0.148. The van der Waals surface area contributed by atoms with Crippen LogP contribution in [0, 0.1) is 0 Å². The van der Waals surface area contributed by atoms with E-state index < -0.39 is 0 Å². The lowest BCUT2D eigenvalue weighted by Crippen LogP contribution is -2.42. The van der Waals surface area contributed by atoms with E-state index in [2.05, 4.69) is 17.4 Å². The molecule has 4 aromatic rings. The first-order chi connectivity index (χ1) is 15.8. The lowest BCUT2D eigenvalue weighted by molar-refractivity contribution is 0.0648. The van der Waals surface area contributed by atoms with Gasteiger partial charge in [-0.05, 0) is 35.9 Å². The third-order valence-electron chi connectivity index (χ3n) is 5.63. The topological polar surface area (TPSA) is 54.7 Å². The van der Waals surface area contributed by atoms with Gasteiger partial charge < -0.3 is 19.4 Å². The lowest BCUT2D eigenvalue weighted by atomic mass is 10.0. The van der Waals surface area contributed by atoms with Crippen molar-refractivity contribution >= 4 is 11.6 Å². The Hall–Kier alpha value is -3.99. The number of rotatable bonds is 7. The lowest BCUT2D eigenvalue weighted by Gasteiger charge is -2.38. The third-order valence-corrected chi connectivity index (χ3v) is 5.63. The molecule has 0 fully saturated rings. The molecular weight excluding hydrogens is 400 g/mol. The first-order valence-corrected chi connectivity index (χ1v) is 10.7. The zero-order valence-corrected chi connectivity index (χ0v) is 17.6. The number of anilines is 1. The summed E-state index contributed by atoms with van der Waals surface area (Å²) in [7, 11) is 0. The SMILES string of the molecule is O=C1c2ccccc2NC(c2ccccc2OCCc2ccccc2)N1Cc1ccco1. The number of fused-ring (bicyclic) bond motifs is 1. The average Bonchev–Trinajstić information content (AvgIpc) is 3.35. The number of hydrogen-bond acceptors (Lipinski definition) is 4. The summed E-state index contributed by atoms with van der Waals surface area (Å²) in [5, 5.41) is 3.54. The van der Waals surface area contributed by atoms with Gasteiger partial charge in [-0.25, -0.2) is 0 Å². The summed E-state index contributed by atoms with van der Waals surface area (Å²) in [6, 6.07) is 29.5.